The largest absolute Gasteiger partial charge is 0.505 e. The van der Waals surface area contributed by atoms with Crippen LogP contribution in [0.5, 0.6) is 5.75 Å². The second-order valence-electron chi connectivity index (χ2n) is 5.19. The van der Waals surface area contributed by atoms with Gasteiger partial charge in [0.15, 0.2) is 5.75 Å². The highest BCUT2D eigenvalue weighted by atomic mass is 16.3. The summed E-state index contributed by atoms with van der Waals surface area (Å²) in [4.78, 5) is 0. The maximum absolute atomic E-state index is 10.3. The van der Waals surface area contributed by atoms with Gasteiger partial charge in [-0.3, -0.25) is 0 Å². The first-order chi connectivity index (χ1) is 10.1. The summed E-state index contributed by atoms with van der Waals surface area (Å²) in [5.41, 5.74) is 3.59. The molecule has 0 aliphatic rings. The number of azo groups is 1. The number of fused-ring (bicyclic) bond motifs is 1. The Labute approximate surface area is 123 Å². The van der Waals surface area contributed by atoms with Crippen molar-refractivity contribution in [2.24, 2.45) is 10.2 Å². The second kappa shape index (κ2) is 5.37. The van der Waals surface area contributed by atoms with E-state index < -0.39 is 0 Å². The molecule has 3 heteroatoms. The summed E-state index contributed by atoms with van der Waals surface area (Å²) in [5.74, 6) is 0.170. The van der Waals surface area contributed by atoms with Crippen LogP contribution in [0.3, 0.4) is 0 Å². The first kappa shape index (κ1) is 13.3. The quantitative estimate of drug-likeness (QED) is 0.610. The van der Waals surface area contributed by atoms with Crippen molar-refractivity contribution in [2.45, 2.75) is 13.8 Å². The van der Waals surface area contributed by atoms with Gasteiger partial charge in [0, 0.05) is 5.39 Å². The van der Waals surface area contributed by atoms with Gasteiger partial charge in [0.2, 0.25) is 0 Å². The summed E-state index contributed by atoms with van der Waals surface area (Å²) in [5, 5.41) is 20.4. The van der Waals surface area contributed by atoms with Crippen LogP contribution in [-0.2, 0) is 0 Å². The minimum absolute atomic E-state index is 0.170. The molecule has 0 aliphatic carbocycles. The average molecular weight is 276 g/mol. The predicted octanol–water partition coefficient (Wildman–Crippen LogP) is 5.58. The van der Waals surface area contributed by atoms with Crippen LogP contribution in [0.4, 0.5) is 11.4 Å². The van der Waals surface area contributed by atoms with Gasteiger partial charge in [-0.05, 0) is 37.4 Å². The first-order valence-corrected chi connectivity index (χ1v) is 6.84. The lowest BCUT2D eigenvalue weighted by molar-refractivity contribution is 0.482. The van der Waals surface area contributed by atoms with Gasteiger partial charge < -0.3 is 5.11 Å². The van der Waals surface area contributed by atoms with E-state index in [9.17, 15) is 5.11 Å². The van der Waals surface area contributed by atoms with Crippen LogP contribution >= 0.6 is 0 Å². The molecule has 0 saturated carbocycles. The zero-order valence-corrected chi connectivity index (χ0v) is 12.0. The number of aryl methyl sites for hydroxylation is 2. The molecular formula is C18H16N2O. The molecule has 0 bridgehead atoms. The highest BCUT2D eigenvalue weighted by Gasteiger charge is 2.05. The molecule has 0 radical (unpaired) electrons. The Balaban J connectivity index is 1.99. The summed E-state index contributed by atoms with van der Waals surface area (Å²) in [7, 11) is 0. The van der Waals surface area contributed by atoms with Crippen LogP contribution in [0.2, 0.25) is 0 Å². The van der Waals surface area contributed by atoms with Crippen LogP contribution in [0.15, 0.2) is 64.8 Å². The smallest absolute Gasteiger partial charge is 0.150 e. The van der Waals surface area contributed by atoms with Crippen molar-refractivity contribution < 1.29 is 5.11 Å². The Morgan fingerprint density at radius 1 is 0.762 bits per heavy atom. The van der Waals surface area contributed by atoms with Crippen molar-refractivity contribution in [3.63, 3.8) is 0 Å². The van der Waals surface area contributed by atoms with Crippen molar-refractivity contribution in [1.29, 1.82) is 0 Å². The van der Waals surface area contributed by atoms with Crippen LogP contribution in [-0.4, -0.2) is 5.11 Å². The molecule has 21 heavy (non-hydrogen) atoms. The Kier molecular flexibility index (Phi) is 3.40. The van der Waals surface area contributed by atoms with Crippen LogP contribution in [0, 0.1) is 13.8 Å². The van der Waals surface area contributed by atoms with Gasteiger partial charge in [-0.1, -0.05) is 47.5 Å². The number of nitrogens with zero attached hydrogens (tertiary/aromatic N) is 2. The summed E-state index contributed by atoms with van der Waals surface area (Å²) >= 11 is 0. The summed E-state index contributed by atoms with van der Waals surface area (Å²) in [6.07, 6.45) is 0. The molecule has 0 spiro atoms. The van der Waals surface area contributed by atoms with Crippen molar-refractivity contribution in [1.82, 2.24) is 0 Å². The van der Waals surface area contributed by atoms with E-state index in [1.807, 2.05) is 62.4 Å². The molecule has 0 unspecified atom stereocenters. The third-order valence-electron chi connectivity index (χ3n) is 3.43. The first-order valence-electron chi connectivity index (χ1n) is 6.84. The average Bonchev–Trinajstić information content (AvgIpc) is 2.48. The zero-order chi connectivity index (χ0) is 14.8. The fourth-order valence-electron chi connectivity index (χ4n) is 2.23. The predicted molar refractivity (Wildman–Crippen MR) is 85.7 cm³/mol. The molecule has 3 aromatic carbocycles. The second-order valence-corrected chi connectivity index (χ2v) is 5.19. The SMILES string of the molecule is Cc1ccc(N=Nc2ccc3cc(C)ccc3c2O)cc1. The Morgan fingerprint density at radius 3 is 2.24 bits per heavy atom. The molecule has 1 N–H and O–H groups in total. The number of hydrogen-bond acceptors (Lipinski definition) is 3. The van der Waals surface area contributed by atoms with E-state index in [2.05, 4.69) is 10.2 Å². The van der Waals surface area contributed by atoms with Crippen molar-refractivity contribution in [2.75, 3.05) is 0 Å². The van der Waals surface area contributed by atoms with E-state index in [-0.39, 0.29) is 5.75 Å². The molecular weight excluding hydrogens is 260 g/mol. The van der Waals surface area contributed by atoms with Gasteiger partial charge in [0.1, 0.15) is 5.69 Å². The maximum Gasteiger partial charge on any atom is 0.150 e. The Bertz CT molecular complexity index is 820. The van der Waals surface area contributed by atoms with Gasteiger partial charge in [-0.25, -0.2) is 0 Å². The van der Waals surface area contributed by atoms with Crippen molar-refractivity contribution in [3.05, 3.63) is 65.7 Å². The molecule has 104 valence electrons. The molecule has 3 rings (SSSR count). The van der Waals surface area contributed by atoms with Crippen LogP contribution in [0.25, 0.3) is 10.8 Å². The lowest BCUT2D eigenvalue weighted by Crippen LogP contribution is -1.77. The zero-order valence-electron chi connectivity index (χ0n) is 12.0. The van der Waals surface area contributed by atoms with E-state index >= 15 is 0 Å². The molecule has 0 aliphatic heterocycles. The summed E-state index contributed by atoms with van der Waals surface area (Å²) in [6, 6.07) is 17.4. The number of benzene rings is 3. The van der Waals surface area contributed by atoms with Gasteiger partial charge in [-0.15, -0.1) is 5.11 Å². The lowest BCUT2D eigenvalue weighted by atomic mass is 10.1. The molecule has 0 heterocycles. The van der Waals surface area contributed by atoms with E-state index in [1.54, 1.807) is 6.07 Å². The maximum atomic E-state index is 10.3. The van der Waals surface area contributed by atoms with E-state index in [1.165, 1.54) is 5.56 Å². The number of phenols is 1. The Hall–Kier alpha value is -2.68. The highest BCUT2D eigenvalue weighted by Crippen LogP contribution is 2.35. The van der Waals surface area contributed by atoms with Crippen molar-refractivity contribution in [3.8, 4) is 5.75 Å². The number of rotatable bonds is 2. The summed E-state index contributed by atoms with van der Waals surface area (Å²) in [6.45, 7) is 4.06. The molecule has 3 nitrogen and oxygen atoms in total. The molecule has 0 amide bonds. The van der Waals surface area contributed by atoms with Crippen LogP contribution in [0.1, 0.15) is 11.1 Å². The lowest BCUT2D eigenvalue weighted by Gasteiger charge is -2.04. The number of aromatic hydroxyl groups is 1. The molecule has 0 aromatic heterocycles. The number of hydrogen-bond donors (Lipinski definition) is 1. The molecule has 0 saturated heterocycles. The van der Waals surface area contributed by atoms with Gasteiger partial charge >= 0.3 is 0 Å². The summed E-state index contributed by atoms with van der Waals surface area (Å²) < 4.78 is 0. The van der Waals surface area contributed by atoms with Crippen LogP contribution < -0.4 is 0 Å². The van der Waals surface area contributed by atoms with E-state index in [4.69, 9.17) is 0 Å². The minimum atomic E-state index is 0.170. The third kappa shape index (κ3) is 2.77. The number of phenolic OH excluding ortho intramolecular Hbond substituents is 1. The van der Waals surface area contributed by atoms with E-state index in [0.29, 0.717) is 5.69 Å². The van der Waals surface area contributed by atoms with Gasteiger partial charge in [0.05, 0.1) is 5.69 Å². The minimum Gasteiger partial charge on any atom is -0.505 e. The van der Waals surface area contributed by atoms with Crippen molar-refractivity contribution >= 4 is 22.1 Å². The van der Waals surface area contributed by atoms with Gasteiger partial charge in [-0.2, -0.15) is 5.11 Å². The highest BCUT2D eigenvalue weighted by molar-refractivity contribution is 5.92. The monoisotopic (exact) mass is 276 g/mol. The molecule has 0 atom stereocenters. The molecule has 3 aromatic rings. The third-order valence-corrected chi connectivity index (χ3v) is 3.43. The molecule has 0 fully saturated rings. The fourth-order valence-corrected chi connectivity index (χ4v) is 2.23. The Morgan fingerprint density at radius 2 is 1.48 bits per heavy atom. The normalized spacial score (nSPS) is 11.3. The van der Waals surface area contributed by atoms with Gasteiger partial charge in [0.25, 0.3) is 0 Å². The topological polar surface area (TPSA) is 45.0 Å². The fraction of sp³-hybridized carbons (Fsp3) is 0.111. The standard InChI is InChI=1S/C18H16N2O/c1-12-3-7-15(8-4-12)19-20-17-10-6-14-11-13(2)5-9-16(14)18(17)21/h3-11,21H,1-2H3. The van der Waals surface area contributed by atoms with E-state index in [0.717, 1.165) is 22.0 Å².